The van der Waals surface area contributed by atoms with Gasteiger partial charge in [0, 0.05) is 37.3 Å². The molecule has 1 aromatic carbocycles. The molecule has 4 rings (SSSR count). The zero-order valence-corrected chi connectivity index (χ0v) is 14.3. The van der Waals surface area contributed by atoms with Crippen molar-refractivity contribution in [2.45, 2.75) is 25.7 Å². The molecule has 0 saturated carbocycles. The number of aromatic amines is 1. The molecule has 3 aromatic rings. The van der Waals surface area contributed by atoms with Crippen molar-refractivity contribution >= 4 is 27.5 Å². The fourth-order valence-electron chi connectivity index (χ4n) is 3.39. The third-order valence-corrected chi connectivity index (χ3v) is 5.64. The Kier molecular flexibility index (Phi) is 4.30. The van der Waals surface area contributed by atoms with Gasteiger partial charge in [-0.15, -0.1) is 0 Å². The summed E-state index contributed by atoms with van der Waals surface area (Å²) >= 11 is 1.47. The molecule has 2 aromatic heterocycles. The summed E-state index contributed by atoms with van der Waals surface area (Å²) in [5.41, 5.74) is 0.915. The Hall–Kier alpha value is -2.21. The van der Waals surface area contributed by atoms with Gasteiger partial charge in [-0.2, -0.15) is 4.37 Å². The van der Waals surface area contributed by atoms with Gasteiger partial charge in [0.05, 0.1) is 16.8 Å². The zero-order valence-electron chi connectivity index (χ0n) is 13.4. The second kappa shape index (κ2) is 6.73. The summed E-state index contributed by atoms with van der Waals surface area (Å²) in [4.78, 5) is 22.1. The lowest BCUT2D eigenvalue weighted by molar-refractivity contribution is -0.131. The minimum absolute atomic E-state index is 0.197. The maximum atomic E-state index is 12.6. The summed E-state index contributed by atoms with van der Waals surface area (Å²) in [6.45, 7) is 1.68. The van der Waals surface area contributed by atoms with Gasteiger partial charge >= 0.3 is 0 Å². The summed E-state index contributed by atoms with van der Waals surface area (Å²) in [6.07, 6.45) is 7.14. The second-order valence-electron chi connectivity index (χ2n) is 6.37. The highest BCUT2D eigenvalue weighted by atomic mass is 32.1. The number of aromatic nitrogens is 3. The van der Waals surface area contributed by atoms with E-state index in [1.807, 2.05) is 23.2 Å². The van der Waals surface area contributed by atoms with Crippen LogP contribution in [-0.2, 0) is 17.6 Å². The lowest BCUT2D eigenvalue weighted by atomic mass is 9.93. The van der Waals surface area contributed by atoms with Gasteiger partial charge in [-0.25, -0.2) is 4.98 Å². The predicted molar refractivity (Wildman–Crippen MR) is 94.9 cm³/mol. The van der Waals surface area contributed by atoms with Crippen LogP contribution in [0.4, 0.5) is 0 Å². The van der Waals surface area contributed by atoms with Gasteiger partial charge in [-0.05, 0) is 36.4 Å². The zero-order chi connectivity index (χ0) is 16.4. The number of benzene rings is 1. The molecule has 124 valence electrons. The summed E-state index contributed by atoms with van der Waals surface area (Å²) in [5.74, 6) is 1.86. The van der Waals surface area contributed by atoms with Crippen LogP contribution in [0.25, 0.3) is 10.1 Å². The van der Waals surface area contributed by atoms with Gasteiger partial charge in [-0.1, -0.05) is 18.2 Å². The Morgan fingerprint density at radius 3 is 2.92 bits per heavy atom. The first kappa shape index (κ1) is 15.3. The van der Waals surface area contributed by atoms with E-state index in [4.69, 9.17) is 0 Å². The van der Waals surface area contributed by atoms with Crippen LogP contribution in [0.2, 0.25) is 0 Å². The molecule has 1 N–H and O–H groups in total. The van der Waals surface area contributed by atoms with Crippen molar-refractivity contribution < 1.29 is 4.79 Å². The maximum Gasteiger partial charge on any atom is 0.228 e. The van der Waals surface area contributed by atoms with Crippen LogP contribution in [-0.4, -0.2) is 38.2 Å². The fraction of sp³-hybridized carbons (Fsp3) is 0.389. The number of imidazole rings is 1. The molecule has 0 bridgehead atoms. The third-order valence-electron chi connectivity index (χ3n) is 4.77. The molecule has 1 saturated heterocycles. The molecule has 6 heteroatoms. The fourth-order valence-corrected chi connectivity index (χ4v) is 4.19. The van der Waals surface area contributed by atoms with Crippen molar-refractivity contribution in [3.05, 3.63) is 48.2 Å². The van der Waals surface area contributed by atoms with E-state index >= 15 is 0 Å². The maximum absolute atomic E-state index is 12.6. The van der Waals surface area contributed by atoms with Crippen molar-refractivity contribution in [2.24, 2.45) is 5.92 Å². The molecule has 3 heterocycles. The number of carbonyl (C=O) groups excluding carboxylic acids is 1. The molecule has 5 nitrogen and oxygen atoms in total. The van der Waals surface area contributed by atoms with E-state index in [9.17, 15) is 4.79 Å². The smallest absolute Gasteiger partial charge is 0.228 e. The van der Waals surface area contributed by atoms with E-state index in [1.54, 1.807) is 6.20 Å². The average molecular weight is 340 g/mol. The van der Waals surface area contributed by atoms with Crippen molar-refractivity contribution in [1.29, 1.82) is 0 Å². The van der Waals surface area contributed by atoms with Crippen molar-refractivity contribution in [3.63, 3.8) is 0 Å². The molecule has 0 radical (unpaired) electrons. The number of hydrogen-bond donors (Lipinski definition) is 1. The van der Waals surface area contributed by atoms with Crippen molar-refractivity contribution in [3.8, 4) is 0 Å². The minimum Gasteiger partial charge on any atom is -0.349 e. The van der Waals surface area contributed by atoms with Crippen LogP contribution in [0.1, 0.15) is 24.4 Å². The number of hydrogen-bond acceptors (Lipinski definition) is 4. The van der Waals surface area contributed by atoms with Gasteiger partial charge in [0.15, 0.2) is 0 Å². The van der Waals surface area contributed by atoms with E-state index in [0.29, 0.717) is 12.3 Å². The summed E-state index contributed by atoms with van der Waals surface area (Å²) < 4.78 is 5.63. The van der Waals surface area contributed by atoms with Crippen LogP contribution in [0.3, 0.4) is 0 Å². The molecule has 1 amide bonds. The number of nitrogens with zero attached hydrogens (tertiary/aromatic N) is 3. The molecule has 0 spiro atoms. The number of rotatable bonds is 4. The number of H-pyrrole nitrogens is 1. The van der Waals surface area contributed by atoms with E-state index in [2.05, 4.69) is 26.5 Å². The number of carbonyl (C=O) groups is 1. The highest BCUT2D eigenvalue weighted by molar-refractivity contribution is 7.13. The summed E-state index contributed by atoms with van der Waals surface area (Å²) in [7, 11) is 0. The molecule has 24 heavy (non-hydrogen) atoms. The van der Waals surface area contributed by atoms with Gasteiger partial charge < -0.3 is 9.88 Å². The normalized spacial score (nSPS) is 15.9. The number of likely N-dealkylation sites (tertiary alicyclic amines) is 1. The van der Waals surface area contributed by atoms with Crippen LogP contribution in [0.5, 0.6) is 0 Å². The van der Waals surface area contributed by atoms with Gasteiger partial charge in [0.1, 0.15) is 5.82 Å². The highest BCUT2D eigenvalue weighted by Crippen LogP contribution is 2.24. The van der Waals surface area contributed by atoms with E-state index in [0.717, 1.165) is 54.0 Å². The van der Waals surface area contributed by atoms with Crippen LogP contribution < -0.4 is 0 Å². The van der Waals surface area contributed by atoms with Gasteiger partial charge in [0.2, 0.25) is 5.91 Å². The first-order valence-corrected chi connectivity index (χ1v) is 9.16. The quantitative estimate of drug-likeness (QED) is 0.794. The number of piperidine rings is 1. The Labute approximate surface area is 144 Å². The molecule has 0 unspecified atom stereocenters. The predicted octanol–water partition coefficient (Wildman–Crippen LogP) is 3.04. The highest BCUT2D eigenvalue weighted by Gasteiger charge is 2.24. The standard InChI is InChI=1S/C18H20N4OS/c23-18(12-15-14-3-1-2-4-16(14)24-21-15)22-9-5-13(6-10-22)11-17-19-7-8-20-17/h1-4,7-8,13H,5-6,9-12H2,(H,19,20). The van der Waals surface area contributed by atoms with Crippen LogP contribution in [0.15, 0.2) is 36.7 Å². The Balaban J connectivity index is 1.34. The molecular weight excluding hydrogens is 320 g/mol. The Morgan fingerprint density at radius 1 is 1.29 bits per heavy atom. The van der Waals surface area contributed by atoms with Crippen LogP contribution >= 0.6 is 11.5 Å². The minimum atomic E-state index is 0.197. The van der Waals surface area contributed by atoms with Crippen molar-refractivity contribution in [2.75, 3.05) is 13.1 Å². The van der Waals surface area contributed by atoms with Gasteiger partial charge in [0.25, 0.3) is 0 Å². The topological polar surface area (TPSA) is 61.9 Å². The number of fused-ring (bicyclic) bond motifs is 1. The van der Waals surface area contributed by atoms with E-state index in [-0.39, 0.29) is 5.91 Å². The molecular formula is C18H20N4OS. The third kappa shape index (κ3) is 3.19. The van der Waals surface area contributed by atoms with E-state index < -0.39 is 0 Å². The Bertz CT molecular complexity index is 819. The number of amides is 1. The average Bonchev–Trinajstić information content (AvgIpc) is 3.26. The largest absolute Gasteiger partial charge is 0.349 e. The lowest BCUT2D eigenvalue weighted by Crippen LogP contribution is -2.39. The lowest BCUT2D eigenvalue weighted by Gasteiger charge is -2.31. The summed E-state index contributed by atoms with van der Waals surface area (Å²) in [6, 6.07) is 8.12. The van der Waals surface area contributed by atoms with Gasteiger partial charge in [-0.3, -0.25) is 4.79 Å². The van der Waals surface area contributed by atoms with Crippen LogP contribution in [0, 0.1) is 5.92 Å². The number of nitrogens with one attached hydrogen (secondary N) is 1. The first-order valence-electron chi connectivity index (χ1n) is 8.39. The monoisotopic (exact) mass is 340 g/mol. The second-order valence-corrected chi connectivity index (χ2v) is 7.17. The SMILES string of the molecule is O=C(Cc1nsc2ccccc12)N1CCC(Cc2ncc[nH]2)CC1. The molecule has 0 aliphatic carbocycles. The van der Waals surface area contributed by atoms with Crippen molar-refractivity contribution in [1.82, 2.24) is 19.2 Å². The Morgan fingerprint density at radius 2 is 2.12 bits per heavy atom. The summed E-state index contributed by atoms with van der Waals surface area (Å²) in [5, 5.41) is 1.11. The molecule has 0 atom stereocenters. The molecule has 1 fully saturated rings. The first-order chi connectivity index (χ1) is 11.8. The molecule has 1 aliphatic heterocycles. The van der Waals surface area contributed by atoms with E-state index in [1.165, 1.54) is 11.5 Å². The molecule has 1 aliphatic rings.